The molecule has 0 aromatic heterocycles. The van der Waals surface area contributed by atoms with Gasteiger partial charge in [0, 0.05) is 5.56 Å². The molecule has 1 rings (SSSR count). The summed E-state index contributed by atoms with van der Waals surface area (Å²) in [4.78, 5) is 11.2. The molecule has 0 aliphatic carbocycles. The van der Waals surface area contributed by atoms with Crippen LogP contribution in [0, 0.1) is 6.92 Å². The van der Waals surface area contributed by atoms with Crippen LogP contribution in [0.15, 0.2) is 12.1 Å². The van der Waals surface area contributed by atoms with Gasteiger partial charge in [-0.1, -0.05) is 0 Å². The monoisotopic (exact) mass is 226 g/mol. The minimum Gasteiger partial charge on any atom is -0.504 e. The summed E-state index contributed by atoms with van der Waals surface area (Å²) >= 11 is 0. The predicted octanol–water partition coefficient (Wildman–Crippen LogP) is 0.916. The lowest BCUT2D eigenvalue weighted by Crippen LogP contribution is -2.14. The smallest absolute Gasteiger partial charge is 0.339 e. The van der Waals surface area contributed by atoms with Crippen LogP contribution < -0.4 is 4.74 Å². The molecule has 1 aromatic carbocycles. The number of carbonyl (C=O) groups excluding carboxylic acids is 1. The van der Waals surface area contributed by atoms with Crippen LogP contribution in [0.4, 0.5) is 0 Å². The van der Waals surface area contributed by atoms with Crippen molar-refractivity contribution in [2.75, 3.05) is 14.2 Å². The van der Waals surface area contributed by atoms with Gasteiger partial charge in [-0.25, -0.2) is 4.79 Å². The van der Waals surface area contributed by atoms with Crippen molar-refractivity contribution in [3.05, 3.63) is 23.3 Å². The van der Waals surface area contributed by atoms with E-state index < -0.39 is 12.1 Å². The summed E-state index contributed by atoms with van der Waals surface area (Å²) in [6.45, 7) is 1.76. The largest absolute Gasteiger partial charge is 0.504 e. The second-order valence-corrected chi connectivity index (χ2v) is 3.33. The van der Waals surface area contributed by atoms with E-state index in [-0.39, 0.29) is 17.1 Å². The molecule has 16 heavy (non-hydrogen) atoms. The first-order valence-corrected chi connectivity index (χ1v) is 4.64. The molecule has 88 valence electrons. The van der Waals surface area contributed by atoms with Crippen molar-refractivity contribution in [3.8, 4) is 11.5 Å². The zero-order valence-electron chi connectivity index (χ0n) is 9.35. The number of aryl methyl sites for hydroxylation is 1. The average molecular weight is 226 g/mol. The van der Waals surface area contributed by atoms with Gasteiger partial charge in [0.2, 0.25) is 0 Å². The van der Waals surface area contributed by atoms with Gasteiger partial charge in [0.05, 0.1) is 14.2 Å². The zero-order chi connectivity index (χ0) is 12.3. The first-order valence-electron chi connectivity index (χ1n) is 4.64. The summed E-state index contributed by atoms with van der Waals surface area (Å²) < 4.78 is 9.31. The Hall–Kier alpha value is -1.75. The highest BCUT2D eigenvalue weighted by Crippen LogP contribution is 2.35. The van der Waals surface area contributed by atoms with E-state index in [1.807, 2.05) is 0 Å². The molecule has 5 heteroatoms. The maximum absolute atomic E-state index is 11.2. The van der Waals surface area contributed by atoms with E-state index in [2.05, 4.69) is 4.74 Å². The Morgan fingerprint density at radius 3 is 2.50 bits per heavy atom. The quantitative estimate of drug-likeness (QED) is 0.749. The van der Waals surface area contributed by atoms with Crippen molar-refractivity contribution in [3.63, 3.8) is 0 Å². The molecule has 2 N–H and O–H groups in total. The van der Waals surface area contributed by atoms with Gasteiger partial charge in [0.15, 0.2) is 17.6 Å². The van der Waals surface area contributed by atoms with Gasteiger partial charge in [0.25, 0.3) is 0 Å². The van der Waals surface area contributed by atoms with Crippen molar-refractivity contribution >= 4 is 5.97 Å². The molecule has 0 aliphatic rings. The number of aliphatic hydroxyl groups is 1. The third-order valence-electron chi connectivity index (χ3n) is 2.19. The number of methoxy groups -OCH3 is 2. The lowest BCUT2D eigenvalue weighted by molar-refractivity contribution is -0.150. The Balaban J connectivity index is 3.22. The maximum atomic E-state index is 11.2. The topological polar surface area (TPSA) is 76.0 Å². The normalized spacial score (nSPS) is 12.0. The van der Waals surface area contributed by atoms with Crippen molar-refractivity contribution in [2.24, 2.45) is 0 Å². The molecule has 0 amide bonds. The number of hydrogen-bond donors (Lipinski definition) is 2. The molecular weight excluding hydrogens is 212 g/mol. The number of phenols is 1. The molecule has 1 atom stereocenters. The highest BCUT2D eigenvalue weighted by atomic mass is 16.5. The van der Waals surface area contributed by atoms with Crippen LogP contribution in [0.5, 0.6) is 11.5 Å². The van der Waals surface area contributed by atoms with Gasteiger partial charge in [-0.05, 0) is 24.6 Å². The van der Waals surface area contributed by atoms with E-state index in [0.29, 0.717) is 0 Å². The second kappa shape index (κ2) is 4.85. The Morgan fingerprint density at radius 1 is 1.38 bits per heavy atom. The zero-order valence-corrected chi connectivity index (χ0v) is 9.35. The van der Waals surface area contributed by atoms with E-state index >= 15 is 0 Å². The van der Waals surface area contributed by atoms with Crippen molar-refractivity contribution < 1.29 is 24.5 Å². The number of aliphatic hydroxyl groups excluding tert-OH is 1. The summed E-state index contributed by atoms with van der Waals surface area (Å²) in [5.41, 5.74) is 0.830. The molecule has 0 aliphatic heterocycles. The standard InChI is InChI=1S/C11H14O5/c1-6-4-7(10(13)11(14)16-3)9(12)8(5-6)15-2/h4-5,10,12-13H,1-3H3. The Morgan fingerprint density at radius 2 is 2.00 bits per heavy atom. The van der Waals surface area contributed by atoms with E-state index in [4.69, 9.17) is 4.74 Å². The molecule has 0 bridgehead atoms. The van der Waals surface area contributed by atoms with Crippen LogP contribution in [-0.2, 0) is 9.53 Å². The first kappa shape index (κ1) is 12.3. The van der Waals surface area contributed by atoms with Crippen molar-refractivity contribution in [2.45, 2.75) is 13.0 Å². The summed E-state index contributed by atoms with van der Waals surface area (Å²) in [7, 11) is 2.55. The molecule has 1 aromatic rings. The van der Waals surface area contributed by atoms with Crippen LogP contribution in [-0.4, -0.2) is 30.4 Å². The molecular formula is C11H14O5. The number of hydrogen-bond acceptors (Lipinski definition) is 5. The number of phenolic OH excluding ortho intramolecular Hbond substituents is 1. The lowest BCUT2D eigenvalue weighted by Gasteiger charge is -2.13. The van der Waals surface area contributed by atoms with Crippen molar-refractivity contribution in [1.82, 2.24) is 0 Å². The van der Waals surface area contributed by atoms with Gasteiger partial charge < -0.3 is 19.7 Å². The molecule has 0 fully saturated rings. The fraction of sp³-hybridized carbons (Fsp3) is 0.364. The van der Waals surface area contributed by atoms with Gasteiger partial charge in [0.1, 0.15) is 0 Å². The number of rotatable bonds is 3. The second-order valence-electron chi connectivity index (χ2n) is 3.33. The number of ether oxygens (including phenoxy) is 2. The predicted molar refractivity (Wildman–Crippen MR) is 56.4 cm³/mol. The molecule has 0 saturated carbocycles. The summed E-state index contributed by atoms with van der Waals surface area (Å²) in [6.07, 6.45) is -1.52. The molecule has 0 radical (unpaired) electrons. The third-order valence-corrected chi connectivity index (χ3v) is 2.19. The van der Waals surface area contributed by atoms with E-state index in [0.717, 1.165) is 12.7 Å². The van der Waals surface area contributed by atoms with Crippen LogP contribution in [0.25, 0.3) is 0 Å². The third kappa shape index (κ3) is 2.25. The minimum atomic E-state index is -1.52. The molecule has 0 saturated heterocycles. The number of benzene rings is 1. The fourth-order valence-corrected chi connectivity index (χ4v) is 1.38. The van der Waals surface area contributed by atoms with Crippen LogP contribution in [0.3, 0.4) is 0 Å². The fourth-order valence-electron chi connectivity index (χ4n) is 1.38. The Labute approximate surface area is 93.2 Å². The van der Waals surface area contributed by atoms with Crippen molar-refractivity contribution in [1.29, 1.82) is 0 Å². The highest BCUT2D eigenvalue weighted by molar-refractivity contribution is 5.77. The average Bonchev–Trinajstić information content (AvgIpc) is 2.29. The van der Waals surface area contributed by atoms with Gasteiger partial charge >= 0.3 is 5.97 Å². The number of aromatic hydroxyl groups is 1. The molecule has 5 nitrogen and oxygen atoms in total. The highest BCUT2D eigenvalue weighted by Gasteiger charge is 2.23. The lowest BCUT2D eigenvalue weighted by atomic mass is 10.0. The molecule has 1 unspecified atom stereocenters. The van der Waals surface area contributed by atoms with Crippen LogP contribution in [0.1, 0.15) is 17.2 Å². The van der Waals surface area contributed by atoms with Gasteiger partial charge in [-0.2, -0.15) is 0 Å². The molecule has 0 heterocycles. The first-order chi connectivity index (χ1) is 7.51. The number of esters is 1. The maximum Gasteiger partial charge on any atom is 0.339 e. The summed E-state index contributed by atoms with van der Waals surface area (Å²) in [6, 6.07) is 3.10. The minimum absolute atomic E-state index is 0.0729. The summed E-state index contributed by atoms with van der Waals surface area (Å²) in [5.74, 6) is -0.882. The number of carbonyl (C=O) groups is 1. The molecule has 0 spiro atoms. The van der Waals surface area contributed by atoms with E-state index in [9.17, 15) is 15.0 Å². The van der Waals surface area contributed by atoms with Gasteiger partial charge in [-0.3, -0.25) is 0 Å². The SMILES string of the molecule is COC(=O)C(O)c1cc(C)cc(OC)c1O. The van der Waals surface area contributed by atoms with E-state index in [1.165, 1.54) is 13.2 Å². The van der Waals surface area contributed by atoms with Crippen LogP contribution >= 0.6 is 0 Å². The Kier molecular flexibility index (Phi) is 3.73. The Bertz CT molecular complexity index is 400. The van der Waals surface area contributed by atoms with Crippen LogP contribution in [0.2, 0.25) is 0 Å². The van der Waals surface area contributed by atoms with Gasteiger partial charge in [-0.15, -0.1) is 0 Å². The van der Waals surface area contributed by atoms with E-state index in [1.54, 1.807) is 13.0 Å². The summed E-state index contributed by atoms with van der Waals surface area (Å²) in [5, 5.41) is 19.4.